The smallest absolute Gasteiger partial charge is 0.246 e. The highest BCUT2D eigenvalue weighted by atomic mass is 19.1. The standard InChI is InChI=1S/C5H6FNO2/c1-4(6)3-5(2)7(8)9/h3H,1H2,2H3/b5-3+. The van der Waals surface area contributed by atoms with Crippen molar-refractivity contribution in [1.29, 1.82) is 0 Å². The van der Waals surface area contributed by atoms with Crippen molar-refractivity contribution in [2.45, 2.75) is 6.92 Å². The molecule has 0 saturated carbocycles. The molecule has 9 heavy (non-hydrogen) atoms. The average molecular weight is 131 g/mol. The molecule has 0 aliphatic carbocycles. The van der Waals surface area contributed by atoms with Crippen LogP contribution in [0.2, 0.25) is 0 Å². The molecule has 50 valence electrons. The van der Waals surface area contributed by atoms with E-state index in [1.807, 2.05) is 0 Å². The molecule has 0 unspecified atom stereocenters. The Morgan fingerprint density at radius 3 is 2.44 bits per heavy atom. The van der Waals surface area contributed by atoms with Crippen LogP contribution >= 0.6 is 0 Å². The van der Waals surface area contributed by atoms with Gasteiger partial charge >= 0.3 is 0 Å². The van der Waals surface area contributed by atoms with E-state index in [2.05, 4.69) is 6.58 Å². The quantitative estimate of drug-likeness (QED) is 0.325. The van der Waals surface area contributed by atoms with Gasteiger partial charge in [0.2, 0.25) is 5.70 Å². The Bertz CT molecular complexity index is 174. The van der Waals surface area contributed by atoms with Gasteiger partial charge in [0.15, 0.2) is 0 Å². The van der Waals surface area contributed by atoms with Crippen LogP contribution < -0.4 is 0 Å². The van der Waals surface area contributed by atoms with Crippen molar-refractivity contribution < 1.29 is 9.31 Å². The molecule has 0 bridgehead atoms. The minimum atomic E-state index is -0.802. The molecule has 0 aromatic carbocycles. The van der Waals surface area contributed by atoms with Gasteiger partial charge in [0, 0.05) is 13.0 Å². The highest BCUT2D eigenvalue weighted by Gasteiger charge is 2.00. The number of nitrogens with zero attached hydrogens (tertiary/aromatic N) is 1. The third-order valence-corrected chi connectivity index (χ3v) is 0.653. The highest BCUT2D eigenvalue weighted by molar-refractivity contribution is 5.08. The molecule has 0 radical (unpaired) electrons. The number of hydrogen-bond acceptors (Lipinski definition) is 2. The molecule has 4 heteroatoms. The third kappa shape index (κ3) is 3.40. The zero-order valence-electron chi connectivity index (χ0n) is 4.93. The second-order valence-electron chi connectivity index (χ2n) is 1.49. The lowest BCUT2D eigenvalue weighted by molar-refractivity contribution is -0.424. The monoisotopic (exact) mass is 131 g/mol. The van der Waals surface area contributed by atoms with Crippen LogP contribution in [0.1, 0.15) is 6.92 Å². The average Bonchev–Trinajstić information content (AvgIpc) is 1.63. The highest BCUT2D eigenvalue weighted by Crippen LogP contribution is 2.00. The number of allylic oxidation sites excluding steroid dienone is 3. The van der Waals surface area contributed by atoms with E-state index in [0.717, 1.165) is 6.08 Å². The van der Waals surface area contributed by atoms with E-state index in [-0.39, 0.29) is 5.70 Å². The van der Waals surface area contributed by atoms with Crippen LogP contribution in [0.3, 0.4) is 0 Å². The molecular formula is C5H6FNO2. The van der Waals surface area contributed by atoms with E-state index >= 15 is 0 Å². The summed E-state index contributed by atoms with van der Waals surface area (Å²) >= 11 is 0. The summed E-state index contributed by atoms with van der Waals surface area (Å²) < 4.78 is 11.7. The Hall–Kier alpha value is -1.19. The van der Waals surface area contributed by atoms with Crippen LogP contribution in [0.25, 0.3) is 0 Å². The molecule has 0 heterocycles. The number of halogens is 1. The van der Waals surface area contributed by atoms with Gasteiger partial charge in [-0.1, -0.05) is 6.58 Å². The van der Waals surface area contributed by atoms with Crippen molar-refractivity contribution in [3.8, 4) is 0 Å². The largest absolute Gasteiger partial charge is 0.259 e. The second-order valence-corrected chi connectivity index (χ2v) is 1.49. The Labute approximate surface area is 51.6 Å². The first-order valence-corrected chi connectivity index (χ1v) is 2.21. The lowest BCUT2D eigenvalue weighted by Crippen LogP contribution is -1.92. The first kappa shape index (κ1) is 7.81. The molecule has 0 aliphatic rings. The zero-order chi connectivity index (χ0) is 7.44. The Kier molecular flexibility index (Phi) is 2.57. The molecule has 0 aromatic rings. The van der Waals surface area contributed by atoms with Crippen LogP contribution in [0.4, 0.5) is 4.39 Å². The predicted molar refractivity (Wildman–Crippen MR) is 31.0 cm³/mol. The van der Waals surface area contributed by atoms with Crippen molar-refractivity contribution in [2.24, 2.45) is 0 Å². The van der Waals surface area contributed by atoms with E-state index < -0.39 is 10.8 Å². The zero-order valence-corrected chi connectivity index (χ0v) is 4.93. The minimum Gasteiger partial charge on any atom is -0.259 e. The number of rotatable bonds is 2. The van der Waals surface area contributed by atoms with E-state index in [9.17, 15) is 14.5 Å². The molecule has 0 spiro atoms. The van der Waals surface area contributed by atoms with Gasteiger partial charge in [-0.05, 0) is 0 Å². The number of nitro groups is 1. The van der Waals surface area contributed by atoms with Crippen LogP contribution in [0.5, 0.6) is 0 Å². The lowest BCUT2D eigenvalue weighted by atomic mass is 10.4. The fraction of sp³-hybridized carbons (Fsp3) is 0.200. The van der Waals surface area contributed by atoms with Gasteiger partial charge in [-0.3, -0.25) is 10.1 Å². The first-order valence-electron chi connectivity index (χ1n) is 2.21. The SMILES string of the molecule is C=C(F)/C=C(\C)[N+](=O)[O-]. The van der Waals surface area contributed by atoms with Gasteiger partial charge in [-0.2, -0.15) is 0 Å². The summed E-state index contributed by atoms with van der Waals surface area (Å²) in [5, 5.41) is 9.76. The fourth-order valence-electron chi connectivity index (χ4n) is 0.279. The van der Waals surface area contributed by atoms with Crippen LogP contribution in [-0.4, -0.2) is 4.92 Å². The minimum absolute atomic E-state index is 0.248. The van der Waals surface area contributed by atoms with Gasteiger partial charge in [0.25, 0.3) is 0 Å². The van der Waals surface area contributed by atoms with Crippen LogP contribution in [0, 0.1) is 10.1 Å². The molecule has 0 N–H and O–H groups in total. The Balaban J connectivity index is 4.17. The van der Waals surface area contributed by atoms with Gasteiger partial charge in [0.05, 0.1) is 4.92 Å². The predicted octanol–water partition coefficient (Wildman–Crippen LogP) is 1.65. The molecule has 3 nitrogen and oxygen atoms in total. The fourth-order valence-corrected chi connectivity index (χ4v) is 0.279. The molecule has 0 aromatic heterocycles. The Morgan fingerprint density at radius 2 is 2.33 bits per heavy atom. The molecular weight excluding hydrogens is 125 g/mol. The van der Waals surface area contributed by atoms with Gasteiger partial charge in [-0.15, -0.1) is 0 Å². The van der Waals surface area contributed by atoms with Gasteiger partial charge in [-0.25, -0.2) is 4.39 Å². The van der Waals surface area contributed by atoms with Crippen molar-refractivity contribution in [2.75, 3.05) is 0 Å². The van der Waals surface area contributed by atoms with Crippen molar-refractivity contribution in [1.82, 2.24) is 0 Å². The Morgan fingerprint density at radius 1 is 1.89 bits per heavy atom. The van der Waals surface area contributed by atoms with Crippen LogP contribution in [-0.2, 0) is 0 Å². The van der Waals surface area contributed by atoms with E-state index in [4.69, 9.17) is 0 Å². The molecule has 0 saturated heterocycles. The second kappa shape index (κ2) is 2.96. The molecule has 0 atom stereocenters. The van der Waals surface area contributed by atoms with E-state index in [1.165, 1.54) is 6.92 Å². The maximum absolute atomic E-state index is 11.7. The maximum Gasteiger partial charge on any atom is 0.246 e. The van der Waals surface area contributed by atoms with E-state index in [1.54, 1.807) is 0 Å². The molecule has 0 fully saturated rings. The maximum atomic E-state index is 11.7. The summed E-state index contributed by atoms with van der Waals surface area (Å²) in [6, 6.07) is 0. The lowest BCUT2D eigenvalue weighted by Gasteiger charge is -1.85. The topological polar surface area (TPSA) is 43.1 Å². The molecule has 0 aliphatic heterocycles. The van der Waals surface area contributed by atoms with Crippen molar-refractivity contribution in [3.05, 3.63) is 34.3 Å². The van der Waals surface area contributed by atoms with Crippen molar-refractivity contribution in [3.63, 3.8) is 0 Å². The first-order chi connectivity index (χ1) is 4.04. The summed E-state index contributed by atoms with van der Waals surface area (Å²) in [5.74, 6) is -0.802. The normalized spacial score (nSPS) is 11.1. The summed E-state index contributed by atoms with van der Waals surface area (Å²) in [4.78, 5) is 9.09. The van der Waals surface area contributed by atoms with Gasteiger partial charge in [0.1, 0.15) is 5.83 Å². The third-order valence-electron chi connectivity index (χ3n) is 0.653. The summed E-state index contributed by atoms with van der Waals surface area (Å²) in [6.07, 6.45) is 0.764. The number of hydrogen-bond donors (Lipinski definition) is 0. The van der Waals surface area contributed by atoms with Crippen molar-refractivity contribution >= 4 is 0 Å². The van der Waals surface area contributed by atoms with Crippen LogP contribution in [0.15, 0.2) is 24.2 Å². The molecule has 0 rings (SSSR count). The van der Waals surface area contributed by atoms with E-state index in [0.29, 0.717) is 0 Å². The molecule has 0 amide bonds. The van der Waals surface area contributed by atoms with Gasteiger partial charge < -0.3 is 0 Å². The summed E-state index contributed by atoms with van der Waals surface area (Å²) in [6.45, 7) is 4.03. The summed E-state index contributed by atoms with van der Waals surface area (Å²) in [7, 11) is 0. The summed E-state index contributed by atoms with van der Waals surface area (Å²) in [5.41, 5.74) is -0.248.